The van der Waals surface area contributed by atoms with E-state index in [1.54, 1.807) is 6.20 Å². The van der Waals surface area contributed by atoms with Gasteiger partial charge in [0.1, 0.15) is 11.3 Å². The second kappa shape index (κ2) is 8.95. The van der Waals surface area contributed by atoms with Gasteiger partial charge in [-0.25, -0.2) is 14.4 Å². The molecule has 2 aliphatic carbocycles. The van der Waals surface area contributed by atoms with E-state index in [-0.39, 0.29) is 27.9 Å². The third-order valence-electron chi connectivity index (χ3n) is 6.58. The van der Waals surface area contributed by atoms with E-state index in [2.05, 4.69) is 15.6 Å². The first-order chi connectivity index (χ1) is 15.9. The summed E-state index contributed by atoms with van der Waals surface area (Å²) in [6.07, 6.45) is 7.97. The summed E-state index contributed by atoms with van der Waals surface area (Å²) in [7, 11) is 0. The quantitative estimate of drug-likeness (QED) is 0.437. The van der Waals surface area contributed by atoms with Crippen molar-refractivity contribution < 1.29 is 9.18 Å². The van der Waals surface area contributed by atoms with E-state index in [1.165, 1.54) is 18.6 Å². The number of benzene rings is 1. The molecule has 1 amide bonds. The number of hydrogen-bond acceptors (Lipinski definition) is 6. The first kappa shape index (κ1) is 22.2. The SMILES string of the molecule is NC(=O)[C@H]1CC[C@H](n2c(Nc3c(Cl)cc(F)cc3Cl)nc3cnc(NC4CCC4)nc32)CC1. The summed E-state index contributed by atoms with van der Waals surface area (Å²) in [4.78, 5) is 25.5. The van der Waals surface area contributed by atoms with Crippen molar-refractivity contribution in [1.29, 1.82) is 0 Å². The van der Waals surface area contributed by atoms with Crippen molar-refractivity contribution in [2.24, 2.45) is 11.7 Å². The van der Waals surface area contributed by atoms with Crippen LogP contribution in [0.4, 0.5) is 22.0 Å². The number of aromatic nitrogens is 4. The molecule has 2 aliphatic rings. The lowest BCUT2D eigenvalue weighted by molar-refractivity contribution is -0.122. The molecular weight excluding hydrogens is 468 g/mol. The molecule has 33 heavy (non-hydrogen) atoms. The molecule has 5 rings (SSSR count). The Labute approximate surface area is 200 Å². The van der Waals surface area contributed by atoms with Crippen LogP contribution in [-0.2, 0) is 4.79 Å². The lowest BCUT2D eigenvalue weighted by atomic mass is 9.85. The van der Waals surface area contributed by atoms with Crippen molar-refractivity contribution in [2.75, 3.05) is 10.6 Å². The number of fused-ring (bicyclic) bond motifs is 1. The lowest BCUT2D eigenvalue weighted by Gasteiger charge is -2.29. The van der Waals surface area contributed by atoms with Crippen LogP contribution < -0.4 is 16.4 Å². The van der Waals surface area contributed by atoms with Gasteiger partial charge in [-0.3, -0.25) is 9.36 Å². The zero-order chi connectivity index (χ0) is 23.1. The zero-order valence-corrected chi connectivity index (χ0v) is 19.3. The minimum atomic E-state index is -0.522. The predicted molar refractivity (Wildman–Crippen MR) is 126 cm³/mol. The van der Waals surface area contributed by atoms with E-state index in [0.29, 0.717) is 47.6 Å². The zero-order valence-electron chi connectivity index (χ0n) is 17.8. The number of anilines is 3. The Kier molecular flexibility index (Phi) is 6.01. The molecule has 0 atom stereocenters. The second-order valence-electron chi connectivity index (χ2n) is 8.76. The highest BCUT2D eigenvalue weighted by Crippen LogP contribution is 2.39. The molecule has 8 nitrogen and oxygen atoms in total. The van der Waals surface area contributed by atoms with E-state index in [0.717, 1.165) is 25.7 Å². The van der Waals surface area contributed by atoms with Crippen LogP contribution >= 0.6 is 23.2 Å². The minimum Gasteiger partial charge on any atom is -0.369 e. The smallest absolute Gasteiger partial charge is 0.224 e. The average Bonchev–Trinajstić information content (AvgIpc) is 3.10. The molecule has 0 bridgehead atoms. The Morgan fingerprint density at radius 2 is 1.79 bits per heavy atom. The molecule has 2 aromatic heterocycles. The number of amides is 1. The Bertz CT molecular complexity index is 1180. The van der Waals surface area contributed by atoms with Crippen molar-refractivity contribution in [3.8, 4) is 0 Å². The van der Waals surface area contributed by atoms with Gasteiger partial charge in [-0.15, -0.1) is 0 Å². The van der Waals surface area contributed by atoms with Gasteiger partial charge in [0, 0.05) is 18.0 Å². The molecule has 174 valence electrons. The topological polar surface area (TPSA) is 111 Å². The normalized spacial score (nSPS) is 21.1. The van der Waals surface area contributed by atoms with Crippen LogP contribution in [0.1, 0.15) is 51.0 Å². The third kappa shape index (κ3) is 4.44. The number of nitrogens with one attached hydrogen (secondary N) is 2. The third-order valence-corrected chi connectivity index (χ3v) is 7.18. The second-order valence-corrected chi connectivity index (χ2v) is 9.57. The standard InChI is InChI=1S/C22H24Cl2FN7O/c23-15-8-12(25)9-16(24)18(15)30-22-29-17-10-27-21(28-13-2-1-3-13)31-20(17)32(22)14-6-4-11(5-7-14)19(26)33/h8-11,13-14H,1-7H2,(H2,26,33)(H,29,30)(H,27,28,31)/t11-,14-. The van der Waals surface area contributed by atoms with Gasteiger partial charge in [-0.1, -0.05) is 23.2 Å². The van der Waals surface area contributed by atoms with E-state index in [4.69, 9.17) is 38.9 Å². The first-order valence-electron chi connectivity index (χ1n) is 11.1. The molecule has 3 aromatic rings. The van der Waals surface area contributed by atoms with Crippen LogP contribution in [0.25, 0.3) is 11.2 Å². The fourth-order valence-electron chi connectivity index (χ4n) is 4.52. The van der Waals surface area contributed by atoms with Gasteiger partial charge in [-0.2, -0.15) is 4.98 Å². The van der Waals surface area contributed by atoms with Crippen LogP contribution in [0.5, 0.6) is 0 Å². The number of imidazole rings is 1. The van der Waals surface area contributed by atoms with Crippen LogP contribution in [-0.4, -0.2) is 31.5 Å². The molecule has 0 spiro atoms. The Balaban J connectivity index is 1.54. The number of halogens is 3. The van der Waals surface area contributed by atoms with Crippen LogP contribution in [0, 0.1) is 11.7 Å². The van der Waals surface area contributed by atoms with Crippen molar-refractivity contribution >= 4 is 57.9 Å². The summed E-state index contributed by atoms with van der Waals surface area (Å²) < 4.78 is 15.7. The van der Waals surface area contributed by atoms with Crippen LogP contribution in [0.15, 0.2) is 18.3 Å². The Morgan fingerprint density at radius 3 is 2.39 bits per heavy atom. The van der Waals surface area contributed by atoms with E-state index < -0.39 is 5.82 Å². The number of nitrogens with two attached hydrogens (primary N) is 1. The fraction of sp³-hybridized carbons (Fsp3) is 0.455. The Morgan fingerprint density at radius 1 is 1.09 bits per heavy atom. The molecule has 0 radical (unpaired) electrons. The monoisotopic (exact) mass is 491 g/mol. The number of primary amides is 1. The summed E-state index contributed by atoms with van der Waals surface area (Å²) in [6.45, 7) is 0. The van der Waals surface area contributed by atoms with E-state index >= 15 is 0 Å². The van der Waals surface area contributed by atoms with Gasteiger partial charge in [0.15, 0.2) is 5.65 Å². The summed E-state index contributed by atoms with van der Waals surface area (Å²) in [5.41, 5.74) is 7.18. The number of rotatable bonds is 6. The van der Waals surface area contributed by atoms with Gasteiger partial charge in [0.05, 0.1) is 21.9 Å². The number of nitrogens with zero attached hydrogens (tertiary/aromatic N) is 4. The average molecular weight is 492 g/mol. The number of carbonyl (C=O) groups is 1. The fourth-order valence-corrected chi connectivity index (χ4v) is 5.08. The van der Waals surface area contributed by atoms with Crippen LogP contribution in [0.2, 0.25) is 10.0 Å². The highest BCUT2D eigenvalue weighted by atomic mass is 35.5. The minimum absolute atomic E-state index is 0.0394. The van der Waals surface area contributed by atoms with Gasteiger partial charge in [0.25, 0.3) is 0 Å². The van der Waals surface area contributed by atoms with E-state index in [1.807, 2.05) is 4.57 Å². The van der Waals surface area contributed by atoms with Crippen LogP contribution in [0.3, 0.4) is 0 Å². The highest BCUT2D eigenvalue weighted by Gasteiger charge is 2.29. The van der Waals surface area contributed by atoms with Crippen molar-refractivity contribution in [1.82, 2.24) is 19.5 Å². The summed E-state index contributed by atoms with van der Waals surface area (Å²) in [6, 6.07) is 2.82. The molecule has 0 unspecified atom stereocenters. The molecule has 2 saturated carbocycles. The number of hydrogen-bond donors (Lipinski definition) is 3. The molecule has 4 N–H and O–H groups in total. The number of carbonyl (C=O) groups excluding carboxylic acids is 1. The molecule has 0 saturated heterocycles. The molecule has 2 fully saturated rings. The summed E-state index contributed by atoms with van der Waals surface area (Å²) in [5.74, 6) is 0.133. The maximum absolute atomic E-state index is 13.7. The van der Waals surface area contributed by atoms with E-state index in [9.17, 15) is 9.18 Å². The molecule has 1 aromatic carbocycles. The predicted octanol–water partition coefficient (Wildman–Crippen LogP) is 5.20. The van der Waals surface area contributed by atoms with Crippen molar-refractivity contribution in [3.63, 3.8) is 0 Å². The lowest BCUT2D eigenvalue weighted by Crippen LogP contribution is -2.29. The van der Waals surface area contributed by atoms with Crippen molar-refractivity contribution in [2.45, 2.75) is 57.0 Å². The van der Waals surface area contributed by atoms with Crippen molar-refractivity contribution in [3.05, 3.63) is 34.2 Å². The highest BCUT2D eigenvalue weighted by molar-refractivity contribution is 6.39. The largest absolute Gasteiger partial charge is 0.369 e. The molecule has 0 aliphatic heterocycles. The molecule has 11 heteroatoms. The maximum Gasteiger partial charge on any atom is 0.224 e. The summed E-state index contributed by atoms with van der Waals surface area (Å²) in [5, 5.41) is 6.85. The first-order valence-corrected chi connectivity index (χ1v) is 11.9. The molecular formula is C22H24Cl2FN7O. The summed E-state index contributed by atoms with van der Waals surface area (Å²) >= 11 is 12.5. The van der Waals surface area contributed by atoms with Gasteiger partial charge < -0.3 is 16.4 Å². The Hall–Kier alpha value is -2.65. The maximum atomic E-state index is 13.7. The van der Waals surface area contributed by atoms with Gasteiger partial charge in [-0.05, 0) is 57.1 Å². The van der Waals surface area contributed by atoms with Gasteiger partial charge in [0.2, 0.25) is 17.8 Å². The molecule has 2 heterocycles. The van der Waals surface area contributed by atoms with Gasteiger partial charge >= 0.3 is 0 Å².